The zero-order valence-corrected chi connectivity index (χ0v) is 14.6. The SMILES string of the molecule is OCc1c(F)ccc(-c2ccc3nc(-c4cc5ccccc5o4)cn3c2)c1F. The summed E-state index contributed by atoms with van der Waals surface area (Å²) in [6, 6.07) is 15.6. The average molecular weight is 376 g/mol. The smallest absolute Gasteiger partial charge is 0.155 e. The summed E-state index contributed by atoms with van der Waals surface area (Å²) >= 11 is 0. The Bertz CT molecular complexity index is 1300. The van der Waals surface area contributed by atoms with Gasteiger partial charge >= 0.3 is 0 Å². The molecule has 3 aromatic heterocycles. The van der Waals surface area contributed by atoms with Crippen molar-refractivity contribution in [2.24, 2.45) is 0 Å². The van der Waals surface area contributed by atoms with Crippen molar-refractivity contribution in [3.63, 3.8) is 0 Å². The van der Waals surface area contributed by atoms with Crippen molar-refractivity contribution in [2.75, 3.05) is 0 Å². The highest BCUT2D eigenvalue weighted by Gasteiger charge is 2.16. The maximum atomic E-state index is 14.6. The topological polar surface area (TPSA) is 50.7 Å². The second kappa shape index (κ2) is 6.28. The van der Waals surface area contributed by atoms with Crippen molar-refractivity contribution < 1.29 is 18.3 Å². The molecular formula is C22H14F2N2O2. The van der Waals surface area contributed by atoms with E-state index in [1.807, 2.05) is 30.3 Å². The van der Waals surface area contributed by atoms with Crippen LogP contribution < -0.4 is 0 Å². The molecule has 0 saturated heterocycles. The van der Waals surface area contributed by atoms with Gasteiger partial charge in [0.1, 0.15) is 28.6 Å². The monoisotopic (exact) mass is 376 g/mol. The highest BCUT2D eigenvalue weighted by atomic mass is 19.1. The zero-order valence-electron chi connectivity index (χ0n) is 14.6. The molecule has 0 fully saturated rings. The molecule has 0 spiro atoms. The fraction of sp³-hybridized carbons (Fsp3) is 0.0455. The summed E-state index contributed by atoms with van der Waals surface area (Å²) in [5.41, 5.74) is 2.53. The number of pyridine rings is 1. The third-order valence-electron chi connectivity index (χ3n) is 4.78. The molecule has 0 amide bonds. The number of rotatable bonds is 3. The predicted molar refractivity (Wildman–Crippen MR) is 102 cm³/mol. The molecule has 5 aromatic rings. The summed E-state index contributed by atoms with van der Waals surface area (Å²) in [5, 5.41) is 10.2. The molecule has 0 aliphatic rings. The number of hydrogen-bond acceptors (Lipinski definition) is 3. The molecule has 138 valence electrons. The molecule has 0 aliphatic heterocycles. The second-order valence-electron chi connectivity index (χ2n) is 6.50. The Morgan fingerprint density at radius 3 is 2.68 bits per heavy atom. The first-order valence-corrected chi connectivity index (χ1v) is 8.70. The van der Waals surface area contributed by atoms with Gasteiger partial charge in [-0.15, -0.1) is 0 Å². The summed E-state index contributed by atoms with van der Waals surface area (Å²) in [6.45, 7) is -0.699. The number of aliphatic hydroxyl groups excluding tert-OH is 1. The summed E-state index contributed by atoms with van der Waals surface area (Å²) in [6.07, 6.45) is 3.51. The number of para-hydroxylation sites is 1. The molecule has 0 unspecified atom stereocenters. The largest absolute Gasteiger partial charge is 0.454 e. The van der Waals surface area contributed by atoms with E-state index in [1.54, 1.807) is 28.9 Å². The lowest BCUT2D eigenvalue weighted by Gasteiger charge is -2.08. The molecule has 3 heterocycles. The van der Waals surface area contributed by atoms with Crippen LogP contribution in [0.25, 0.3) is 39.2 Å². The standard InChI is InChI=1S/C22H14F2N2O2/c23-17-7-6-15(22(24)16(17)12-27)14-5-8-21-25-18(11-26(21)10-14)20-9-13-3-1-2-4-19(13)28-20/h1-11,27H,12H2. The van der Waals surface area contributed by atoms with Gasteiger partial charge in [0.25, 0.3) is 0 Å². The lowest BCUT2D eigenvalue weighted by atomic mass is 10.0. The maximum Gasteiger partial charge on any atom is 0.155 e. The Balaban J connectivity index is 1.61. The quantitative estimate of drug-likeness (QED) is 0.472. The van der Waals surface area contributed by atoms with Gasteiger partial charge in [-0.05, 0) is 36.4 Å². The van der Waals surface area contributed by atoms with Gasteiger partial charge < -0.3 is 13.9 Å². The summed E-state index contributed by atoms with van der Waals surface area (Å²) in [4.78, 5) is 4.56. The third kappa shape index (κ3) is 2.58. The highest BCUT2D eigenvalue weighted by Crippen LogP contribution is 2.30. The van der Waals surface area contributed by atoms with E-state index in [0.717, 1.165) is 17.0 Å². The summed E-state index contributed by atoms with van der Waals surface area (Å²) in [5.74, 6) is -0.888. The first-order chi connectivity index (χ1) is 13.6. The number of aromatic nitrogens is 2. The van der Waals surface area contributed by atoms with Crippen LogP contribution in [-0.4, -0.2) is 14.5 Å². The van der Waals surface area contributed by atoms with Crippen LogP contribution in [0, 0.1) is 11.6 Å². The lowest BCUT2D eigenvalue weighted by molar-refractivity contribution is 0.269. The average Bonchev–Trinajstić information content (AvgIpc) is 3.31. The number of imidazole rings is 1. The van der Waals surface area contributed by atoms with Gasteiger partial charge in [0.2, 0.25) is 0 Å². The molecule has 1 N–H and O–H groups in total. The number of nitrogens with zero attached hydrogens (tertiary/aromatic N) is 2. The number of hydrogen-bond donors (Lipinski definition) is 1. The Hall–Kier alpha value is -3.51. The lowest BCUT2D eigenvalue weighted by Crippen LogP contribution is -1.98. The minimum absolute atomic E-state index is 0.214. The van der Waals surface area contributed by atoms with Crippen LogP contribution in [0.4, 0.5) is 8.78 Å². The van der Waals surface area contributed by atoms with E-state index in [9.17, 15) is 13.9 Å². The van der Waals surface area contributed by atoms with Gasteiger partial charge in [-0.1, -0.05) is 18.2 Å². The van der Waals surface area contributed by atoms with E-state index >= 15 is 0 Å². The third-order valence-corrected chi connectivity index (χ3v) is 4.78. The van der Waals surface area contributed by atoms with Gasteiger partial charge in [0.05, 0.1) is 6.61 Å². The summed E-state index contributed by atoms with van der Waals surface area (Å²) in [7, 11) is 0. The Kier molecular flexibility index (Phi) is 3.74. The van der Waals surface area contributed by atoms with Crippen LogP contribution in [0.5, 0.6) is 0 Å². The van der Waals surface area contributed by atoms with E-state index in [1.165, 1.54) is 6.07 Å². The van der Waals surface area contributed by atoms with Crippen molar-refractivity contribution in [3.05, 3.63) is 84.2 Å². The van der Waals surface area contributed by atoms with Gasteiger partial charge in [0.15, 0.2) is 5.76 Å². The summed E-state index contributed by atoms with van der Waals surface area (Å²) < 4.78 is 35.8. The number of aliphatic hydroxyl groups is 1. The zero-order chi connectivity index (χ0) is 19.3. The van der Waals surface area contributed by atoms with Gasteiger partial charge in [0, 0.05) is 34.5 Å². The fourth-order valence-electron chi connectivity index (χ4n) is 3.34. The van der Waals surface area contributed by atoms with Crippen LogP contribution in [0.1, 0.15) is 5.56 Å². The van der Waals surface area contributed by atoms with Gasteiger partial charge in [-0.3, -0.25) is 0 Å². The van der Waals surface area contributed by atoms with Crippen molar-refractivity contribution in [2.45, 2.75) is 6.61 Å². The van der Waals surface area contributed by atoms with E-state index in [0.29, 0.717) is 22.7 Å². The molecule has 0 atom stereocenters. The van der Waals surface area contributed by atoms with Gasteiger partial charge in [-0.25, -0.2) is 13.8 Å². The van der Waals surface area contributed by atoms with Crippen molar-refractivity contribution >= 4 is 16.6 Å². The molecule has 0 saturated carbocycles. The normalized spacial score (nSPS) is 11.5. The van der Waals surface area contributed by atoms with Crippen LogP contribution in [0.15, 0.2) is 71.4 Å². The molecule has 6 heteroatoms. The minimum Gasteiger partial charge on any atom is -0.454 e. The van der Waals surface area contributed by atoms with Crippen molar-refractivity contribution in [3.8, 4) is 22.6 Å². The molecule has 0 aliphatic carbocycles. The number of benzene rings is 2. The van der Waals surface area contributed by atoms with E-state index in [-0.39, 0.29) is 11.1 Å². The van der Waals surface area contributed by atoms with Gasteiger partial charge in [-0.2, -0.15) is 0 Å². The molecule has 0 bridgehead atoms. The molecular weight excluding hydrogens is 362 g/mol. The molecule has 5 rings (SSSR count). The fourth-order valence-corrected chi connectivity index (χ4v) is 3.34. The van der Waals surface area contributed by atoms with Crippen LogP contribution >= 0.6 is 0 Å². The number of halogens is 2. The van der Waals surface area contributed by atoms with Crippen LogP contribution in [0.2, 0.25) is 0 Å². The van der Waals surface area contributed by atoms with Crippen LogP contribution in [-0.2, 0) is 6.61 Å². The maximum absolute atomic E-state index is 14.6. The first-order valence-electron chi connectivity index (χ1n) is 8.70. The Labute approximate surface area is 158 Å². The predicted octanol–water partition coefficient (Wildman–Crippen LogP) is 5.19. The number of fused-ring (bicyclic) bond motifs is 2. The first kappa shape index (κ1) is 16.6. The number of furan rings is 1. The van der Waals surface area contributed by atoms with Crippen molar-refractivity contribution in [1.82, 2.24) is 9.38 Å². The molecule has 4 nitrogen and oxygen atoms in total. The Morgan fingerprint density at radius 1 is 1.00 bits per heavy atom. The molecule has 28 heavy (non-hydrogen) atoms. The minimum atomic E-state index is -0.764. The highest BCUT2D eigenvalue weighted by molar-refractivity contribution is 5.82. The van der Waals surface area contributed by atoms with E-state index in [2.05, 4.69) is 4.98 Å². The van der Waals surface area contributed by atoms with E-state index in [4.69, 9.17) is 4.42 Å². The molecule has 2 aromatic carbocycles. The molecule has 0 radical (unpaired) electrons. The van der Waals surface area contributed by atoms with E-state index < -0.39 is 18.2 Å². The Morgan fingerprint density at radius 2 is 1.86 bits per heavy atom. The van der Waals surface area contributed by atoms with Crippen molar-refractivity contribution in [1.29, 1.82) is 0 Å². The second-order valence-corrected chi connectivity index (χ2v) is 6.50. The van der Waals surface area contributed by atoms with Crippen LogP contribution in [0.3, 0.4) is 0 Å².